The average Bonchev–Trinajstić information content (AvgIpc) is 2.95. The molecule has 0 spiro atoms. The molecule has 1 N–H and O–H groups in total. The van der Waals surface area contributed by atoms with Crippen LogP contribution in [0.3, 0.4) is 0 Å². The first-order valence-electron chi connectivity index (χ1n) is 6.77. The topological polar surface area (TPSA) is 98.5 Å². The molecule has 3 rings (SSSR count). The highest BCUT2D eigenvalue weighted by Gasteiger charge is 2.11. The summed E-state index contributed by atoms with van der Waals surface area (Å²) < 4.78 is 4.83. The summed E-state index contributed by atoms with van der Waals surface area (Å²) >= 11 is 0. The summed E-state index contributed by atoms with van der Waals surface area (Å²) in [7, 11) is 0. The van der Waals surface area contributed by atoms with Crippen LogP contribution in [0.15, 0.2) is 68.9 Å². The van der Waals surface area contributed by atoms with E-state index in [1.807, 2.05) is 30.3 Å². The van der Waals surface area contributed by atoms with Gasteiger partial charge >= 0.3 is 5.63 Å². The molecule has 0 fully saturated rings. The molecule has 0 saturated carbocycles. The van der Waals surface area contributed by atoms with Crippen LogP contribution in [0, 0.1) is 0 Å². The highest BCUT2D eigenvalue weighted by molar-refractivity contribution is 5.90. The Kier molecular flexibility index (Phi) is 3.88. The molecule has 0 radical (unpaired) electrons. The largest absolute Gasteiger partial charge is 0.545 e. The van der Waals surface area contributed by atoms with Crippen molar-refractivity contribution in [2.24, 2.45) is 4.99 Å². The summed E-state index contributed by atoms with van der Waals surface area (Å²) in [5.41, 5.74) is 1.67. The van der Waals surface area contributed by atoms with Gasteiger partial charge in [0.15, 0.2) is 0 Å². The molecule has 1 heterocycles. The van der Waals surface area contributed by atoms with Crippen LogP contribution < -0.4 is 10.7 Å². The van der Waals surface area contributed by atoms with Crippen molar-refractivity contribution in [1.29, 1.82) is 0 Å². The van der Waals surface area contributed by atoms with Gasteiger partial charge in [-0.25, -0.2) is 9.95 Å². The summed E-state index contributed by atoms with van der Waals surface area (Å²) in [5, 5.41) is 13.3. The number of rotatable bonds is 4. The smallest absolute Gasteiger partial charge is 0.366 e. The van der Waals surface area contributed by atoms with Crippen LogP contribution in [0.1, 0.15) is 15.9 Å². The Morgan fingerprint density at radius 1 is 1.09 bits per heavy atom. The van der Waals surface area contributed by atoms with Gasteiger partial charge in [-0.3, -0.25) is 4.99 Å². The average molecular weight is 307 g/mol. The number of hydrogen-bond acceptors (Lipinski definition) is 5. The van der Waals surface area contributed by atoms with Crippen molar-refractivity contribution in [2.75, 3.05) is 0 Å². The third-order valence-electron chi connectivity index (χ3n) is 3.24. The molecular weight excluding hydrogens is 296 g/mol. The number of carboxylic acid groups (broad SMARTS) is 1. The SMILES string of the molecule is O=C([O-])c1ccc(N=Cc2c(-c3ccccc3)[nH]oc2=O)cc1. The number of aromatic nitrogens is 1. The van der Waals surface area contributed by atoms with E-state index in [-0.39, 0.29) is 5.56 Å². The van der Waals surface area contributed by atoms with Gasteiger partial charge in [0.05, 0.1) is 17.4 Å². The number of aromatic amines is 1. The zero-order valence-electron chi connectivity index (χ0n) is 11.9. The maximum Gasteiger partial charge on any atom is 0.366 e. The lowest BCUT2D eigenvalue weighted by molar-refractivity contribution is -0.255. The number of nitrogens with zero attached hydrogens (tertiary/aromatic N) is 1. The molecule has 0 atom stereocenters. The van der Waals surface area contributed by atoms with Crippen molar-refractivity contribution < 1.29 is 14.4 Å². The molecule has 1 aromatic heterocycles. The van der Waals surface area contributed by atoms with E-state index in [2.05, 4.69) is 10.1 Å². The number of aromatic carboxylic acids is 1. The normalized spacial score (nSPS) is 11.0. The molecule has 23 heavy (non-hydrogen) atoms. The van der Waals surface area contributed by atoms with Crippen molar-refractivity contribution in [3.05, 3.63) is 76.1 Å². The molecular formula is C17H11N2O4-. The second kappa shape index (κ2) is 6.15. The Bertz CT molecular complexity index is 906. The number of benzene rings is 2. The summed E-state index contributed by atoms with van der Waals surface area (Å²) in [6.07, 6.45) is 1.39. The van der Waals surface area contributed by atoms with Crippen LogP contribution in [-0.2, 0) is 0 Å². The van der Waals surface area contributed by atoms with Crippen LogP contribution in [0.5, 0.6) is 0 Å². The lowest BCUT2D eigenvalue weighted by Crippen LogP contribution is -2.21. The Balaban J connectivity index is 1.93. The Labute approximate surface area is 130 Å². The zero-order valence-corrected chi connectivity index (χ0v) is 11.9. The Morgan fingerprint density at radius 2 is 1.78 bits per heavy atom. The molecule has 0 aliphatic rings. The third kappa shape index (κ3) is 3.11. The highest BCUT2D eigenvalue weighted by atomic mass is 16.5. The van der Waals surface area contributed by atoms with Crippen molar-refractivity contribution >= 4 is 17.9 Å². The van der Waals surface area contributed by atoms with Crippen LogP contribution in [0.25, 0.3) is 11.3 Å². The predicted molar refractivity (Wildman–Crippen MR) is 82.8 cm³/mol. The van der Waals surface area contributed by atoms with E-state index in [4.69, 9.17) is 4.52 Å². The summed E-state index contributed by atoms with van der Waals surface area (Å²) in [5.74, 6) is -1.25. The lowest BCUT2D eigenvalue weighted by Gasteiger charge is -2.01. The number of carbonyl (C=O) groups excluding carboxylic acids is 1. The van der Waals surface area contributed by atoms with Gasteiger partial charge in [-0.05, 0) is 17.7 Å². The number of H-pyrrole nitrogens is 1. The number of carboxylic acids is 1. The van der Waals surface area contributed by atoms with Crippen LogP contribution in [0.2, 0.25) is 0 Å². The number of aliphatic imine (C=N–C) groups is 1. The summed E-state index contributed by atoms with van der Waals surface area (Å²) in [6.45, 7) is 0. The van der Waals surface area contributed by atoms with Gasteiger partial charge in [0.1, 0.15) is 5.56 Å². The number of carbonyl (C=O) groups is 1. The first-order chi connectivity index (χ1) is 11.1. The molecule has 3 aromatic rings. The van der Waals surface area contributed by atoms with Crippen molar-refractivity contribution in [3.8, 4) is 11.3 Å². The van der Waals surface area contributed by atoms with Gasteiger partial charge in [0.2, 0.25) is 0 Å². The van der Waals surface area contributed by atoms with Crippen LogP contribution >= 0.6 is 0 Å². The molecule has 6 heteroatoms. The van der Waals surface area contributed by atoms with Gasteiger partial charge < -0.3 is 14.4 Å². The van der Waals surface area contributed by atoms with E-state index in [0.29, 0.717) is 16.9 Å². The fourth-order valence-corrected chi connectivity index (χ4v) is 2.07. The van der Waals surface area contributed by atoms with Gasteiger partial charge in [-0.15, -0.1) is 0 Å². The minimum Gasteiger partial charge on any atom is -0.545 e. The fraction of sp³-hybridized carbons (Fsp3) is 0. The molecule has 0 aliphatic heterocycles. The molecule has 2 aromatic carbocycles. The maximum atomic E-state index is 11.8. The second-order valence-electron chi connectivity index (χ2n) is 4.74. The van der Waals surface area contributed by atoms with Crippen molar-refractivity contribution in [2.45, 2.75) is 0 Å². The lowest BCUT2D eigenvalue weighted by atomic mass is 10.1. The predicted octanol–water partition coefficient (Wildman–Crippen LogP) is 1.75. The van der Waals surface area contributed by atoms with E-state index in [1.54, 1.807) is 0 Å². The molecule has 0 aliphatic carbocycles. The Morgan fingerprint density at radius 3 is 2.43 bits per heavy atom. The van der Waals surface area contributed by atoms with E-state index in [1.165, 1.54) is 30.5 Å². The van der Waals surface area contributed by atoms with Crippen molar-refractivity contribution in [3.63, 3.8) is 0 Å². The van der Waals surface area contributed by atoms with Gasteiger partial charge in [-0.1, -0.05) is 42.5 Å². The number of nitrogens with one attached hydrogen (secondary N) is 1. The monoisotopic (exact) mass is 307 g/mol. The molecule has 0 bridgehead atoms. The standard InChI is InChI=1S/C17H12N2O4/c20-16(21)12-6-8-13(9-7-12)18-10-14-15(19-23-17(14)22)11-4-2-1-3-5-11/h1-10,19H,(H,20,21)/p-1. The minimum atomic E-state index is -1.25. The molecule has 0 amide bonds. The van der Waals surface area contributed by atoms with Gasteiger partial charge in [-0.2, -0.15) is 0 Å². The maximum absolute atomic E-state index is 11.8. The van der Waals surface area contributed by atoms with E-state index < -0.39 is 11.6 Å². The second-order valence-corrected chi connectivity index (χ2v) is 4.74. The highest BCUT2D eigenvalue weighted by Crippen LogP contribution is 2.19. The Hall–Kier alpha value is -3.41. The third-order valence-corrected chi connectivity index (χ3v) is 3.24. The molecule has 114 valence electrons. The quantitative estimate of drug-likeness (QED) is 0.742. The zero-order chi connectivity index (χ0) is 16.2. The van der Waals surface area contributed by atoms with Gasteiger partial charge in [0, 0.05) is 11.8 Å². The molecule has 0 unspecified atom stereocenters. The van der Waals surface area contributed by atoms with E-state index in [0.717, 1.165) is 5.56 Å². The van der Waals surface area contributed by atoms with Gasteiger partial charge in [0.25, 0.3) is 0 Å². The summed E-state index contributed by atoms with van der Waals surface area (Å²) in [4.78, 5) is 26.7. The van der Waals surface area contributed by atoms with Crippen LogP contribution in [0.4, 0.5) is 5.69 Å². The number of hydrogen-bond donors (Lipinski definition) is 1. The molecule has 0 saturated heterocycles. The molecule has 6 nitrogen and oxygen atoms in total. The first kappa shape index (κ1) is 14.5. The summed E-state index contributed by atoms with van der Waals surface area (Å²) in [6, 6.07) is 15.1. The van der Waals surface area contributed by atoms with Crippen molar-refractivity contribution in [1.82, 2.24) is 5.16 Å². The first-order valence-corrected chi connectivity index (χ1v) is 6.77. The fourth-order valence-electron chi connectivity index (χ4n) is 2.07. The van der Waals surface area contributed by atoms with E-state index >= 15 is 0 Å². The minimum absolute atomic E-state index is 0.0649. The van der Waals surface area contributed by atoms with E-state index in [9.17, 15) is 14.7 Å². The van der Waals surface area contributed by atoms with Crippen LogP contribution in [-0.4, -0.2) is 17.3 Å².